The molecule has 0 fully saturated rings. The molecule has 0 saturated heterocycles. The molecule has 0 saturated carbocycles. The average Bonchev–Trinajstić information content (AvgIpc) is 2.98. The zero-order valence-electron chi connectivity index (χ0n) is 14.3. The number of nitrogens with one attached hydrogen (secondary N) is 2. The molecule has 1 amide bonds. The molecule has 1 heterocycles. The van der Waals surface area contributed by atoms with Crippen LogP contribution >= 0.6 is 0 Å². The smallest absolute Gasteiger partial charge is 0.259 e. The molecular weight excluding hydrogens is 352 g/mol. The molecule has 0 radical (unpaired) electrons. The predicted molar refractivity (Wildman–Crippen MR) is 101 cm³/mol. The van der Waals surface area contributed by atoms with Crippen molar-refractivity contribution in [1.82, 2.24) is 9.78 Å². The van der Waals surface area contributed by atoms with Gasteiger partial charge in [0.1, 0.15) is 0 Å². The predicted octanol–water partition coefficient (Wildman–Crippen LogP) is 2.80. The molecule has 26 heavy (non-hydrogen) atoms. The van der Waals surface area contributed by atoms with Crippen LogP contribution in [0, 0.1) is 6.92 Å². The highest BCUT2D eigenvalue weighted by Gasteiger charge is 2.17. The van der Waals surface area contributed by atoms with Crippen LogP contribution < -0.4 is 10.0 Å². The van der Waals surface area contributed by atoms with Crippen molar-refractivity contribution in [2.24, 2.45) is 0 Å². The number of amides is 1. The van der Waals surface area contributed by atoms with Crippen LogP contribution in [0.25, 0.3) is 5.69 Å². The van der Waals surface area contributed by atoms with Gasteiger partial charge in [-0.1, -0.05) is 30.3 Å². The molecule has 7 nitrogen and oxygen atoms in total. The van der Waals surface area contributed by atoms with Crippen LogP contribution in [0.2, 0.25) is 0 Å². The summed E-state index contributed by atoms with van der Waals surface area (Å²) in [5, 5.41) is 7.01. The van der Waals surface area contributed by atoms with Gasteiger partial charge in [0.15, 0.2) is 0 Å². The lowest BCUT2D eigenvalue weighted by Gasteiger charge is -2.12. The number of sulfonamides is 1. The van der Waals surface area contributed by atoms with Crippen molar-refractivity contribution >= 4 is 27.3 Å². The number of carbonyl (C=O) groups is 1. The van der Waals surface area contributed by atoms with Gasteiger partial charge in [-0.2, -0.15) is 5.10 Å². The van der Waals surface area contributed by atoms with Crippen molar-refractivity contribution < 1.29 is 13.2 Å². The number of para-hydroxylation sites is 3. The molecule has 3 rings (SSSR count). The first-order valence-corrected chi connectivity index (χ1v) is 9.72. The molecule has 134 valence electrons. The summed E-state index contributed by atoms with van der Waals surface area (Å²) in [5.41, 5.74) is 2.61. The van der Waals surface area contributed by atoms with Crippen LogP contribution in [0.3, 0.4) is 0 Å². The molecule has 2 aromatic carbocycles. The number of aromatic nitrogens is 2. The monoisotopic (exact) mass is 370 g/mol. The van der Waals surface area contributed by atoms with Crippen LogP contribution in [-0.2, 0) is 10.0 Å². The topological polar surface area (TPSA) is 93.1 Å². The minimum Gasteiger partial charge on any atom is -0.320 e. The van der Waals surface area contributed by atoms with Crippen LogP contribution in [-0.4, -0.2) is 30.4 Å². The van der Waals surface area contributed by atoms with Crippen molar-refractivity contribution in [3.8, 4) is 5.69 Å². The van der Waals surface area contributed by atoms with Crippen LogP contribution in [0.5, 0.6) is 0 Å². The summed E-state index contributed by atoms with van der Waals surface area (Å²) in [6.07, 6.45) is 2.55. The van der Waals surface area contributed by atoms with E-state index in [0.29, 0.717) is 22.6 Å². The van der Waals surface area contributed by atoms with E-state index in [0.717, 1.165) is 11.9 Å². The number of anilines is 2. The Morgan fingerprint density at radius 1 is 1.00 bits per heavy atom. The Labute approximate surface area is 151 Å². The lowest BCUT2D eigenvalue weighted by atomic mass is 10.2. The molecule has 3 aromatic rings. The standard InChI is InChI=1S/C18H18N4O3S/c1-13-15(12-19-22(13)14-8-4-3-5-9-14)18(23)20-16-10-6-7-11-17(16)21-26(2,24)25/h3-12,21H,1-2H3,(H,20,23). The van der Waals surface area contributed by atoms with Gasteiger partial charge in [-0.05, 0) is 31.2 Å². The van der Waals surface area contributed by atoms with E-state index in [1.165, 1.54) is 6.20 Å². The Morgan fingerprint density at radius 3 is 2.27 bits per heavy atom. The van der Waals surface area contributed by atoms with E-state index >= 15 is 0 Å². The Bertz CT molecular complexity index is 1040. The molecule has 0 spiro atoms. The third kappa shape index (κ3) is 3.92. The lowest BCUT2D eigenvalue weighted by molar-refractivity contribution is 0.102. The molecule has 8 heteroatoms. The minimum absolute atomic E-state index is 0.302. The fraction of sp³-hybridized carbons (Fsp3) is 0.111. The van der Waals surface area contributed by atoms with Gasteiger partial charge in [-0.15, -0.1) is 0 Å². The van der Waals surface area contributed by atoms with E-state index < -0.39 is 10.0 Å². The SMILES string of the molecule is Cc1c(C(=O)Nc2ccccc2NS(C)(=O)=O)cnn1-c1ccccc1. The molecule has 2 N–H and O–H groups in total. The average molecular weight is 370 g/mol. The highest BCUT2D eigenvalue weighted by molar-refractivity contribution is 7.92. The van der Waals surface area contributed by atoms with E-state index in [4.69, 9.17) is 0 Å². The number of carbonyl (C=O) groups excluding carboxylic acids is 1. The van der Waals surface area contributed by atoms with E-state index in [-0.39, 0.29) is 5.91 Å². The van der Waals surface area contributed by atoms with Gasteiger partial charge in [0, 0.05) is 0 Å². The zero-order valence-corrected chi connectivity index (χ0v) is 15.1. The second kappa shape index (κ2) is 7.01. The van der Waals surface area contributed by atoms with E-state index in [9.17, 15) is 13.2 Å². The maximum Gasteiger partial charge on any atom is 0.259 e. The van der Waals surface area contributed by atoms with Gasteiger partial charge in [-0.3, -0.25) is 9.52 Å². The van der Waals surface area contributed by atoms with Crippen molar-refractivity contribution in [3.63, 3.8) is 0 Å². The van der Waals surface area contributed by atoms with E-state index in [1.807, 2.05) is 30.3 Å². The maximum absolute atomic E-state index is 12.7. The van der Waals surface area contributed by atoms with Gasteiger partial charge < -0.3 is 5.32 Å². The highest BCUT2D eigenvalue weighted by Crippen LogP contribution is 2.23. The summed E-state index contributed by atoms with van der Waals surface area (Å²) in [4.78, 5) is 12.7. The van der Waals surface area contributed by atoms with Gasteiger partial charge >= 0.3 is 0 Å². The molecule has 1 aromatic heterocycles. The Kier molecular flexibility index (Phi) is 4.77. The highest BCUT2D eigenvalue weighted by atomic mass is 32.2. The zero-order chi connectivity index (χ0) is 18.7. The molecular formula is C18H18N4O3S. The largest absolute Gasteiger partial charge is 0.320 e. The summed E-state index contributed by atoms with van der Waals surface area (Å²) in [5.74, 6) is -0.368. The first-order valence-electron chi connectivity index (χ1n) is 7.83. The number of benzene rings is 2. The fourth-order valence-electron chi connectivity index (χ4n) is 2.53. The van der Waals surface area contributed by atoms with Gasteiger partial charge in [0.05, 0.1) is 40.8 Å². The third-order valence-corrected chi connectivity index (χ3v) is 4.32. The number of hydrogen-bond acceptors (Lipinski definition) is 4. The van der Waals surface area contributed by atoms with E-state index in [2.05, 4.69) is 15.1 Å². The van der Waals surface area contributed by atoms with Gasteiger partial charge in [-0.25, -0.2) is 13.1 Å². The van der Waals surface area contributed by atoms with Crippen molar-refractivity contribution in [2.45, 2.75) is 6.92 Å². The van der Waals surface area contributed by atoms with Crippen molar-refractivity contribution in [1.29, 1.82) is 0 Å². The summed E-state index contributed by atoms with van der Waals surface area (Å²) >= 11 is 0. The number of nitrogens with zero attached hydrogens (tertiary/aromatic N) is 2. The molecule has 0 aliphatic heterocycles. The maximum atomic E-state index is 12.7. The van der Waals surface area contributed by atoms with Crippen LogP contribution in [0.15, 0.2) is 60.8 Å². The summed E-state index contributed by atoms with van der Waals surface area (Å²) in [6, 6.07) is 16.1. The second-order valence-electron chi connectivity index (χ2n) is 5.76. The first kappa shape index (κ1) is 17.7. The molecule has 0 unspecified atom stereocenters. The lowest BCUT2D eigenvalue weighted by Crippen LogP contribution is -2.16. The Balaban J connectivity index is 1.87. The summed E-state index contributed by atoms with van der Waals surface area (Å²) in [6.45, 7) is 1.80. The van der Waals surface area contributed by atoms with E-state index in [1.54, 1.807) is 35.9 Å². The van der Waals surface area contributed by atoms with Gasteiger partial charge in [0.25, 0.3) is 5.91 Å². The van der Waals surface area contributed by atoms with Crippen LogP contribution in [0.4, 0.5) is 11.4 Å². The molecule has 0 bridgehead atoms. The van der Waals surface area contributed by atoms with Crippen molar-refractivity contribution in [2.75, 3.05) is 16.3 Å². The minimum atomic E-state index is -3.46. The summed E-state index contributed by atoms with van der Waals surface area (Å²) < 4.78 is 27.0. The number of hydrogen-bond donors (Lipinski definition) is 2. The molecule has 0 aliphatic carbocycles. The summed E-state index contributed by atoms with van der Waals surface area (Å²) in [7, 11) is -3.46. The van der Waals surface area contributed by atoms with Gasteiger partial charge in [0.2, 0.25) is 10.0 Å². The Morgan fingerprint density at radius 2 is 1.62 bits per heavy atom. The van der Waals surface area contributed by atoms with Crippen LogP contribution in [0.1, 0.15) is 16.1 Å². The molecule has 0 atom stereocenters. The normalized spacial score (nSPS) is 11.2. The third-order valence-electron chi connectivity index (χ3n) is 3.73. The number of rotatable bonds is 5. The van der Waals surface area contributed by atoms with Crippen molar-refractivity contribution in [3.05, 3.63) is 72.1 Å². The second-order valence-corrected chi connectivity index (χ2v) is 7.51. The molecule has 0 aliphatic rings. The Hall–Kier alpha value is -3.13. The fourth-order valence-corrected chi connectivity index (χ4v) is 3.11. The quantitative estimate of drug-likeness (QED) is 0.722. The first-order chi connectivity index (χ1) is 12.3.